The fourth-order valence-electron chi connectivity index (χ4n) is 3.70. The first-order valence-corrected chi connectivity index (χ1v) is 8.01. The van der Waals surface area contributed by atoms with Crippen molar-refractivity contribution in [3.63, 3.8) is 0 Å². The molecule has 1 aromatic rings. The molecule has 0 aromatic carbocycles. The van der Waals surface area contributed by atoms with Crippen LogP contribution in [0.5, 0.6) is 0 Å². The molecule has 1 aromatic heterocycles. The number of aromatic nitrogens is 1. The topological polar surface area (TPSA) is 91.4 Å². The van der Waals surface area contributed by atoms with Crippen molar-refractivity contribution in [2.45, 2.75) is 6.42 Å². The van der Waals surface area contributed by atoms with Crippen LogP contribution in [0, 0.1) is 23.7 Å². The second kappa shape index (κ2) is 4.91. The van der Waals surface area contributed by atoms with E-state index in [9.17, 15) is 14.4 Å². The summed E-state index contributed by atoms with van der Waals surface area (Å²) in [5.41, 5.74) is 0. The quantitative estimate of drug-likeness (QED) is 0.643. The van der Waals surface area contributed by atoms with Crippen LogP contribution in [0.15, 0.2) is 23.7 Å². The highest BCUT2D eigenvalue weighted by molar-refractivity contribution is 7.13. The number of allylic oxidation sites excluding steroid dienone is 2. The van der Waals surface area contributed by atoms with E-state index in [2.05, 4.69) is 15.6 Å². The zero-order valence-electron chi connectivity index (χ0n) is 11.6. The maximum atomic E-state index is 12.4. The van der Waals surface area contributed by atoms with Crippen LogP contribution in [0.25, 0.3) is 0 Å². The number of fused-ring (bicyclic) bond motifs is 5. The Bertz CT molecular complexity index is 642. The molecule has 4 atom stereocenters. The molecule has 22 heavy (non-hydrogen) atoms. The van der Waals surface area contributed by atoms with Crippen LogP contribution in [0.4, 0.5) is 9.93 Å². The van der Waals surface area contributed by atoms with Crippen molar-refractivity contribution >= 4 is 34.3 Å². The maximum absolute atomic E-state index is 12.4. The molecule has 4 amide bonds. The van der Waals surface area contributed by atoms with Crippen LogP contribution in [0.3, 0.4) is 0 Å². The molecule has 1 aliphatic heterocycles. The minimum absolute atomic E-state index is 0.0959. The largest absolute Gasteiger partial charge is 0.322 e. The van der Waals surface area contributed by atoms with Crippen LogP contribution in [-0.2, 0) is 9.59 Å². The van der Waals surface area contributed by atoms with Crippen LogP contribution >= 0.6 is 11.3 Å². The number of nitrogens with one attached hydrogen (secondary N) is 2. The lowest BCUT2D eigenvalue weighted by atomic mass is 9.85. The molecule has 2 heterocycles. The minimum Gasteiger partial charge on any atom is -0.320 e. The second-order valence-corrected chi connectivity index (χ2v) is 6.63. The van der Waals surface area contributed by atoms with E-state index in [1.165, 1.54) is 16.2 Å². The summed E-state index contributed by atoms with van der Waals surface area (Å²) in [7, 11) is 0. The van der Waals surface area contributed by atoms with Gasteiger partial charge in [0, 0.05) is 11.6 Å². The number of carbonyl (C=O) groups is 3. The van der Waals surface area contributed by atoms with Crippen molar-refractivity contribution in [1.82, 2.24) is 15.2 Å². The van der Waals surface area contributed by atoms with Gasteiger partial charge in [0.2, 0.25) is 11.8 Å². The number of thiazole rings is 1. The molecule has 0 spiro atoms. The number of rotatable bonds is 3. The van der Waals surface area contributed by atoms with Crippen molar-refractivity contribution in [1.29, 1.82) is 0 Å². The molecular weight excluding hydrogens is 304 g/mol. The van der Waals surface area contributed by atoms with Gasteiger partial charge in [0.25, 0.3) is 0 Å². The van der Waals surface area contributed by atoms with Crippen molar-refractivity contribution in [2.75, 3.05) is 12.0 Å². The molecule has 2 aliphatic carbocycles. The Hall–Kier alpha value is -2.22. The van der Waals surface area contributed by atoms with Crippen LogP contribution < -0.4 is 10.6 Å². The third-order valence-corrected chi connectivity index (χ3v) is 5.30. The van der Waals surface area contributed by atoms with Gasteiger partial charge in [-0.2, -0.15) is 0 Å². The van der Waals surface area contributed by atoms with Crippen LogP contribution in [0.2, 0.25) is 0 Å². The van der Waals surface area contributed by atoms with Crippen molar-refractivity contribution in [3.8, 4) is 0 Å². The number of imide groups is 1. The zero-order chi connectivity index (χ0) is 15.3. The smallest absolute Gasteiger partial charge is 0.320 e. The molecule has 2 fully saturated rings. The molecule has 8 heteroatoms. The molecule has 2 bridgehead atoms. The van der Waals surface area contributed by atoms with Gasteiger partial charge in [-0.05, 0) is 18.3 Å². The van der Waals surface area contributed by atoms with Gasteiger partial charge in [-0.15, -0.1) is 11.3 Å². The van der Waals surface area contributed by atoms with Gasteiger partial charge in [0.1, 0.15) is 6.67 Å². The lowest BCUT2D eigenvalue weighted by Crippen LogP contribution is -2.43. The molecule has 0 unspecified atom stereocenters. The highest BCUT2D eigenvalue weighted by atomic mass is 32.1. The third kappa shape index (κ3) is 1.94. The number of amides is 4. The standard InChI is InChI=1S/C14H14N4O3S/c19-11-9-7-1-2-8(5-7)10(9)12(20)18(11)6-16-13(21)17-14-15-3-4-22-14/h1-4,7-10H,5-6H2,(H2,15,16,17,21)/t7-,8-,9-,10-/m0/s1. The summed E-state index contributed by atoms with van der Waals surface area (Å²) in [6.07, 6.45) is 6.57. The van der Waals surface area contributed by atoms with Gasteiger partial charge >= 0.3 is 6.03 Å². The molecule has 1 saturated carbocycles. The molecule has 4 rings (SSSR count). The fraction of sp³-hybridized carbons (Fsp3) is 0.429. The number of urea groups is 1. The SMILES string of the molecule is O=C(NCN1C(=O)[C@@H]2[C@@H](C1=O)[C@H]1C=C[C@H]2C1)Nc1nccs1. The molecule has 3 aliphatic rings. The van der Waals surface area contributed by atoms with Gasteiger partial charge in [-0.1, -0.05) is 12.2 Å². The van der Waals surface area contributed by atoms with Crippen molar-refractivity contribution in [2.24, 2.45) is 23.7 Å². The van der Waals surface area contributed by atoms with E-state index in [0.29, 0.717) is 5.13 Å². The number of carbonyl (C=O) groups excluding carboxylic acids is 3. The Labute approximate surface area is 130 Å². The first-order chi connectivity index (χ1) is 10.6. The van der Waals surface area contributed by atoms with E-state index in [1.807, 2.05) is 12.2 Å². The van der Waals surface area contributed by atoms with Crippen molar-refractivity contribution < 1.29 is 14.4 Å². The number of anilines is 1. The Balaban J connectivity index is 1.39. The van der Waals surface area contributed by atoms with Crippen LogP contribution in [0.1, 0.15) is 6.42 Å². The van der Waals surface area contributed by atoms with Crippen molar-refractivity contribution in [3.05, 3.63) is 23.7 Å². The summed E-state index contributed by atoms with van der Waals surface area (Å²) in [4.78, 5) is 41.7. The van der Waals surface area contributed by atoms with E-state index in [-0.39, 0.29) is 42.2 Å². The van der Waals surface area contributed by atoms with Crippen LogP contribution in [-0.4, -0.2) is 34.4 Å². The molecule has 0 radical (unpaired) electrons. The molecular formula is C14H14N4O3S. The van der Waals surface area contributed by atoms with E-state index >= 15 is 0 Å². The number of hydrogen-bond donors (Lipinski definition) is 2. The summed E-state index contributed by atoms with van der Waals surface area (Å²) in [6.45, 7) is -0.0959. The predicted molar refractivity (Wildman–Crippen MR) is 78.7 cm³/mol. The Morgan fingerprint density at radius 1 is 1.27 bits per heavy atom. The molecule has 7 nitrogen and oxygen atoms in total. The van der Waals surface area contributed by atoms with Gasteiger partial charge in [0.05, 0.1) is 11.8 Å². The summed E-state index contributed by atoms with van der Waals surface area (Å²) in [6, 6.07) is -0.478. The maximum Gasteiger partial charge on any atom is 0.322 e. The third-order valence-electron chi connectivity index (χ3n) is 4.61. The summed E-state index contributed by atoms with van der Waals surface area (Å²) in [5, 5.41) is 7.31. The van der Waals surface area contributed by atoms with Gasteiger partial charge < -0.3 is 5.32 Å². The predicted octanol–water partition coefficient (Wildman–Crippen LogP) is 1.03. The monoisotopic (exact) mass is 318 g/mol. The first kappa shape index (κ1) is 13.4. The average Bonchev–Trinajstić information content (AvgIpc) is 3.24. The van der Waals surface area contributed by atoms with Gasteiger partial charge in [-0.3, -0.25) is 19.8 Å². The summed E-state index contributed by atoms with van der Waals surface area (Å²) >= 11 is 1.29. The average molecular weight is 318 g/mol. The molecule has 1 saturated heterocycles. The first-order valence-electron chi connectivity index (χ1n) is 7.13. The molecule has 2 N–H and O–H groups in total. The highest BCUT2D eigenvalue weighted by Gasteiger charge is 2.59. The lowest BCUT2D eigenvalue weighted by Gasteiger charge is -2.17. The Morgan fingerprint density at radius 3 is 2.55 bits per heavy atom. The number of nitrogens with zero attached hydrogens (tertiary/aromatic N) is 2. The Kier molecular flexibility index (Phi) is 3.00. The highest BCUT2D eigenvalue weighted by Crippen LogP contribution is 2.52. The Morgan fingerprint density at radius 2 is 1.95 bits per heavy atom. The lowest BCUT2D eigenvalue weighted by molar-refractivity contribution is -0.140. The van der Waals surface area contributed by atoms with E-state index < -0.39 is 6.03 Å². The van der Waals surface area contributed by atoms with Gasteiger partial charge in [0.15, 0.2) is 5.13 Å². The van der Waals surface area contributed by atoms with Gasteiger partial charge in [-0.25, -0.2) is 9.78 Å². The fourth-order valence-corrected chi connectivity index (χ4v) is 4.22. The van der Waals surface area contributed by atoms with E-state index in [0.717, 1.165) is 6.42 Å². The molecule has 114 valence electrons. The zero-order valence-corrected chi connectivity index (χ0v) is 12.4. The number of likely N-dealkylation sites (tertiary alicyclic amines) is 1. The second-order valence-electron chi connectivity index (χ2n) is 5.73. The minimum atomic E-state index is -0.478. The summed E-state index contributed by atoms with van der Waals surface area (Å²) < 4.78 is 0. The van der Waals surface area contributed by atoms with E-state index in [1.54, 1.807) is 11.6 Å². The normalized spacial score (nSPS) is 31.7. The number of hydrogen-bond acceptors (Lipinski definition) is 5. The van der Waals surface area contributed by atoms with E-state index in [4.69, 9.17) is 0 Å². The summed E-state index contributed by atoms with van der Waals surface area (Å²) in [5.74, 6) is -0.429.